The van der Waals surface area contributed by atoms with Crippen LogP contribution in [0.2, 0.25) is 0 Å². The average molecular weight is 289 g/mol. The topological polar surface area (TPSA) is 39.1 Å². The predicted octanol–water partition coefficient (Wildman–Crippen LogP) is 2.12. The molecule has 0 aromatic carbocycles. The largest absolute Gasteiger partial charge is 0.449 e. The van der Waals surface area contributed by atoms with Crippen LogP contribution in [0.5, 0.6) is 0 Å². The minimum absolute atomic E-state index is 0.127. The van der Waals surface area contributed by atoms with Crippen LogP contribution in [0.25, 0.3) is 0 Å². The van der Waals surface area contributed by atoms with Crippen molar-refractivity contribution in [3.63, 3.8) is 0 Å². The van der Waals surface area contributed by atoms with Gasteiger partial charge in [-0.15, -0.1) is 0 Å². The van der Waals surface area contributed by atoms with Crippen molar-refractivity contribution in [3.05, 3.63) is 17.2 Å². The molecule has 1 N–H and O–H groups in total. The van der Waals surface area contributed by atoms with Crippen molar-refractivity contribution in [3.8, 4) is 0 Å². The van der Waals surface area contributed by atoms with Gasteiger partial charge in [-0.05, 0) is 19.3 Å². The highest BCUT2D eigenvalue weighted by Crippen LogP contribution is 2.32. The molecule has 3 heterocycles. The molecule has 2 aliphatic heterocycles. The van der Waals surface area contributed by atoms with Crippen LogP contribution in [0.4, 0.5) is 13.2 Å². The summed E-state index contributed by atoms with van der Waals surface area (Å²) in [5.74, 6) is -0.777. The second-order valence-corrected chi connectivity index (χ2v) is 5.35. The first-order chi connectivity index (χ1) is 9.55. The van der Waals surface area contributed by atoms with Crippen LogP contribution in [0.1, 0.15) is 36.5 Å². The van der Waals surface area contributed by atoms with Gasteiger partial charge in [0.1, 0.15) is 0 Å². The van der Waals surface area contributed by atoms with E-state index in [1.165, 1.54) is 4.57 Å². The molecule has 7 heteroatoms. The second kappa shape index (κ2) is 5.37. The van der Waals surface area contributed by atoms with Gasteiger partial charge >= 0.3 is 6.18 Å². The molecule has 0 aliphatic carbocycles. The molecule has 1 saturated heterocycles. The Bertz CT molecular complexity index is 478. The normalized spacial score (nSPS) is 23.6. The molecule has 4 nitrogen and oxygen atoms in total. The summed E-state index contributed by atoms with van der Waals surface area (Å²) in [4.78, 5) is 3.81. The number of hydrogen-bond acceptors (Lipinski definition) is 3. The zero-order valence-corrected chi connectivity index (χ0v) is 11.2. The van der Waals surface area contributed by atoms with Gasteiger partial charge in [0, 0.05) is 31.8 Å². The van der Waals surface area contributed by atoms with E-state index in [-0.39, 0.29) is 12.6 Å². The third kappa shape index (κ3) is 2.69. The minimum Gasteiger partial charge on any atom is -0.376 e. The van der Waals surface area contributed by atoms with Crippen LogP contribution < -0.4 is 5.32 Å². The molecular formula is C13H18F3N3O. The van der Waals surface area contributed by atoms with E-state index < -0.39 is 12.0 Å². The van der Waals surface area contributed by atoms with Crippen LogP contribution in [-0.2, 0) is 30.4 Å². The second-order valence-electron chi connectivity index (χ2n) is 5.35. The van der Waals surface area contributed by atoms with Crippen LogP contribution in [0.15, 0.2) is 0 Å². The summed E-state index contributed by atoms with van der Waals surface area (Å²) in [6.07, 6.45) is -1.11. The maximum absolute atomic E-state index is 13.1. The zero-order chi connectivity index (χ0) is 14.2. The zero-order valence-electron chi connectivity index (χ0n) is 11.2. The molecule has 0 bridgehead atoms. The van der Waals surface area contributed by atoms with Crippen molar-refractivity contribution in [2.24, 2.45) is 0 Å². The first kappa shape index (κ1) is 13.9. The lowest BCUT2D eigenvalue weighted by Gasteiger charge is -2.25. The van der Waals surface area contributed by atoms with E-state index in [2.05, 4.69) is 10.3 Å². The molecule has 0 radical (unpaired) electrons. The van der Waals surface area contributed by atoms with Gasteiger partial charge in [-0.2, -0.15) is 13.2 Å². The Morgan fingerprint density at radius 3 is 2.90 bits per heavy atom. The molecule has 1 fully saturated rings. The summed E-state index contributed by atoms with van der Waals surface area (Å²) in [6, 6.07) is 0. The summed E-state index contributed by atoms with van der Waals surface area (Å²) in [7, 11) is 0. The van der Waals surface area contributed by atoms with Crippen molar-refractivity contribution < 1.29 is 17.9 Å². The lowest BCUT2D eigenvalue weighted by Crippen LogP contribution is -2.30. The predicted molar refractivity (Wildman–Crippen MR) is 66.2 cm³/mol. The van der Waals surface area contributed by atoms with E-state index in [0.717, 1.165) is 19.3 Å². The molecule has 0 spiro atoms. The van der Waals surface area contributed by atoms with Crippen LogP contribution >= 0.6 is 0 Å². The first-order valence-electron chi connectivity index (χ1n) is 7.03. The van der Waals surface area contributed by atoms with Crippen molar-refractivity contribution in [1.82, 2.24) is 14.9 Å². The van der Waals surface area contributed by atoms with E-state index in [4.69, 9.17) is 4.74 Å². The van der Waals surface area contributed by atoms with E-state index in [0.29, 0.717) is 37.5 Å². The number of aromatic nitrogens is 2. The third-order valence-corrected chi connectivity index (χ3v) is 3.90. The number of halogens is 3. The molecule has 3 rings (SSSR count). The maximum atomic E-state index is 13.1. The van der Waals surface area contributed by atoms with Gasteiger partial charge in [0.15, 0.2) is 0 Å². The maximum Gasteiger partial charge on any atom is 0.449 e. The number of fused-ring (bicyclic) bond motifs is 1. The van der Waals surface area contributed by atoms with Crippen LogP contribution in [0, 0.1) is 0 Å². The number of alkyl halides is 3. The molecule has 1 aromatic rings. The fraction of sp³-hybridized carbons (Fsp3) is 0.769. The number of nitrogens with zero attached hydrogens (tertiary/aromatic N) is 2. The Morgan fingerprint density at radius 2 is 2.20 bits per heavy atom. The summed E-state index contributed by atoms with van der Waals surface area (Å²) in [5.41, 5.74) is 1.24. The van der Waals surface area contributed by atoms with Gasteiger partial charge < -0.3 is 14.6 Å². The van der Waals surface area contributed by atoms with E-state index >= 15 is 0 Å². The summed E-state index contributed by atoms with van der Waals surface area (Å²) in [5, 5.41) is 3.06. The summed E-state index contributed by atoms with van der Waals surface area (Å²) < 4.78 is 46.4. The fourth-order valence-corrected chi connectivity index (χ4v) is 2.94. The highest BCUT2D eigenvalue weighted by atomic mass is 19.4. The Kier molecular flexibility index (Phi) is 3.72. The monoisotopic (exact) mass is 289 g/mol. The Morgan fingerprint density at radius 1 is 1.35 bits per heavy atom. The van der Waals surface area contributed by atoms with E-state index in [1.807, 2.05) is 0 Å². The molecule has 2 aliphatic rings. The number of nitrogens with one attached hydrogen (secondary N) is 1. The highest BCUT2D eigenvalue weighted by molar-refractivity contribution is 5.21. The Balaban J connectivity index is 1.91. The van der Waals surface area contributed by atoms with Crippen LogP contribution in [0.3, 0.4) is 0 Å². The molecule has 1 unspecified atom stereocenters. The van der Waals surface area contributed by atoms with Gasteiger partial charge in [0.05, 0.1) is 18.3 Å². The molecule has 112 valence electrons. The van der Waals surface area contributed by atoms with Crippen molar-refractivity contribution in [2.75, 3.05) is 13.2 Å². The van der Waals surface area contributed by atoms with Gasteiger partial charge in [0.2, 0.25) is 5.82 Å². The van der Waals surface area contributed by atoms with E-state index in [1.54, 1.807) is 0 Å². The standard InChI is InChI=1S/C13H18F3N3O/c14-13(15,16)12-18-10-7-17-5-4-11(10)19(12)8-9-3-1-2-6-20-9/h9,17H,1-8H2. The number of imidazole rings is 1. The molecule has 1 aromatic heterocycles. The molecular weight excluding hydrogens is 271 g/mol. The summed E-state index contributed by atoms with van der Waals surface area (Å²) in [6.45, 7) is 2.01. The fourth-order valence-electron chi connectivity index (χ4n) is 2.94. The quantitative estimate of drug-likeness (QED) is 0.906. The van der Waals surface area contributed by atoms with Gasteiger partial charge in [-0.3, -0.25) is 0 Å². The van der Waals surface area contributed by atoms with Gasteiger partial charge in [0.25, 0.3) is 0 Å². The smallest absolute Gasteiger partial charge is 0.376 e. The molecule has 1 atom stereocenters. The SMILES string of the molecule is FC(F)(F)c1nc2c(n1CC1CCCCO1)CCNC2. The first-order valence-corrected chi connectivity index (χ1v) is 7.03. The van der Waals surface area contributed by atoms with Crippen molar-refractivity contribution in [2.45, 2.75) is 51.1 Å². The molecule has 0 saturated carbocycles. The number of hydrogen-bond donors (Lipinski definition) is 1. The minimum atomic E-state index is -4.41. The Labute approximate surface area is 115 Å². The third-order valence-electron chi connectivity index (χ3n) is 3.90. The highest BCUT2D eigenvalue weighted by Gasteiger charge is 2.39. The summed E-state index contributed by atoms with van der Waals surface area (Å²) >= 11 is 0. The van der Waals surface area contributed by atoms with Gasteiger partial charge in [-0.1, -0.05) is 0 Å². The average Bonchev–Trinajstić information content (AvgIpc) is 2.79. The van der Waals surface area contributed by atoms with Crippen molar-refractivity contribution >= 4 is 0 Å². The Hall–Kier alpha value is -1.08. The van der Waals surface area contributed by atoms with Crippen molar-refractivity contribution in [1.29, 1.82) is 0 Å². The van der Waals surface area contributed by atoms with Crippen LogP contribution in [-0.4, -0.2) is 28.8 Å². The van der Waals surface area contributed by atoms with E-state index in [9.17, 15) is 13.2 Å². The lowest BCUT2D eigenvalue weighted by atomic mass is 10.1. The molecule has 20 heavy (non-hydrogen) atoms. The lowest BCUT2D eigenvalue weighted by molar-refractivity contribution is -0.148. The molecule has 0 amide bonds. The number of rotatable bonds is 2. The number of ether oxygens (including phenoxy) is 1. The van der Waals surface area contributed by atoms with Gasteiger partial charge in [-0.25, -0.2) is 4.98 Å².